The topological polar surface area (TPSA) is 112 Å². The Labute approximate surface area is 120 Å². The molecule has 1 amide bonds. The van der Waals surface area contributed by atoms with Crippen LogP contribution in [0.25, 0.3) is 0 Å². The first-order valence-electron chi connectivity index (χ1n) is 6.24. The zero-order valence-corrected chi connectivity index (χ0v) is 11.4. The molecule has 2 rings (SSSR count). The predicted octanol–water partition coefficient (Wildman–Crippen LogP) is 0.276. The van der Waals surface area contributed by atoms with Gasteiger partial charge in [0, 0.05) is 6.54 Å². The highest BCUT2D eigenvalue weighted by atomic mass is 16.5. The fraction of sp³-hybridized carbons (Fsp3) is 0.231. The number of methoxy groups -OCH3 is 1. The standard InChI is InChI=1S/C13H15N5O3/c1-21-13(20)9-4-2-3-5-10(9)15-12(19)11-8-18(7-6-14)17-16-11/h2-5,8H,6-7,14H2,1H3,(H,15,19). The first kappa shape index (κ1) is 14.7. The minimum atomic E-state index is -0.530. The van der Waals surface area contributed by atoms with Crippen molar-refractivity contribution in [3.8, 4) is 0 Å². The lowest BCUT2D eigenvalue weighted by Gasteiger charge is -2.08. The summed E-state index contributed by atoms with van der Waals surface area (Å²) in [6.45, 7) is 0.870. The van der Waals surface area contributed by atoms with Gasteiger partial charge in [0.05, 0.1) is 31.1 Å². The second-order valence-electron chi connectivity index (χ2n) is 4.15. The number of ether oxygens (including phenoxy) is 1. The minimum Gasteiger partial charge on any atom is -0.465 e. The third kappa shape index (κ3) is 3.42. The number of amides is 1. The second kappa shape index (κ2) is 6.62. The van der Waals surface area contributed by atoms with Gasteiger partial charge in [-0.15, -0.1) is 5.10 Å². The average Bonchev–Trinajstić information content (AvgIpc) is 2.96. The van der Waals surface area contributed by atoms with Crippen molar-refractivity contribution in [1.82, 2.24) is 15.0 Å². The predicted molar refractivity (Wildman–Crippen MR) is 74.8 cm³/mol. The Hall–Kier alpha value is -2.74. The minimum absolute atomic E-state index is 0.142. The van der Waals surface area contributed by atoms with Crippen LogP contribution < -0.4 is 11.1 Å². The molecule has 0 atom stereocenters. The maximum absolute atomic E-state index is 12.1. The molecule has 0 saturated heterocycles. The Bertz CT molecular complexity index is 653. The summed E-state index contributed by atoms with van der Waals surface area (Å²) >= 11 is 0. The third-order valence-electron chi connectivity index (χ3n) is 2.71. The van der Waals surface area contributed by atoms with Crippen molar-refractivity contribution in [2.24, 2.45) is 5.73 Å². The number of carbonyl (C=O) groups excluding carboxylic acids is 2. The van der Waals surface area contributed by atoms with Gasteiger partial charge < -0.3 is 15.8 Å². The fourth-order valence-corrected chi connectivity index (χ4v) is 1.71. The number of para-hydroxylation sites is 1. The van der Waals surface area contributed by atoms with Crippen LogP contribution in [0.1, 0.15) is 20.8 Å². The Morgan fingerprint density at radius 1 is 1.38 bits per heavy atom. The molecule has 0 aliphatic carbocycles. The maximum atomic E-state index is 12.1. The number of nitrogens with zero attached hydrogens (tertiary/aromatic N) is 3. The second-order valence-corrected chi connectivity index (χ2v) is 4.15. The van der Waals surface area contributed by atoms with Crippen molar-refractivity contribution in [2.75, 3.05) is 19.0 Å². The van der Waals surface area contributed by atoms with Crippen LogP contribution in [-0.2, 0) is 11.3 Å². The van der Waals surface area contributed by atoms with E-state index in [9.17, 15) is 9.59 Å². The molecular weight excluding hydrogens is 274 g/mol. The van der Waals surface area contributed by atoms with Crippen LogP contribution in [-0.4, -0.2) is 40.5 Å². The number of hydrogen-bond donors (Lipinski definition) is 2. The lowest BCUT2D eigenvalue weighted by molar-refractivity contribution is 0.0602. The molecule has 21 heavy (non-hydrogen) atoms. The molecule has 1 heterocycles. The zero-order chi connectivity index (χ0) is 15.2. The van der Waals surface area contributed by atoms with Gasteiger partial charge in [-0.05, 0) is 12.1 Å². The number of anilines is 1. The van der Waals surface area contributed by atoms with Crippen LogP contribution in [0.2, 0.25) is 0 Å². The number of rotatable bonds is 5. The van der Waals surface area contributed by atoms with Crippen LogP contribution in [0.15, 0.2) is 30.5 Å². The molecule has 3 N–H and O–H groups in total. The molecule has 2 aromatic rings. The van der Waals surface area contributed by atoms with Crippen LogP contribution in [0.3, 0.4) is 0 Å². The summed E-state index contributed by atoms with van der Waals surface area (Å²) in [6, 6.07) is 6.55. The van der Waals surface area contributed by atoms with Crippen molar-refractivity contribution >= 4 is 17.6 Å². The number of benzene rings is 1. The molecule has 0 spiro atoms. The van der Waals surface area contributed by atoms with Crippen LogP contribution in [0.4, 0.5) is 5.69 Å². The van der Waals surface area contributed by atoms with Crippen molar-refractivity contribution in [3.05, 3.63) is 41.7 Å². The quantitative estimate of drug-likeness (QED) is 0.764. The highest BCUT2D eigenvalue weighted by Crippen LogP contribution is 2.16. The third-order valence-corrected chi connectivity index (χ3v) is 2.71. The van der Waals surface area contributed by atoms with E-state index in [1.807, 2.05) is 0 Å². The van der Waals surface area contributed by atoms with E-state index in [1.165, 1.54) is 18.0 Å². The van der Waals surface area contributed by atoms with E-state index >= 15 is 0 Å². The van der Waals surface area contributed by atoms with Crippen molar-refractivity contribution in [1.29, 1.82) is 0 Å². The molecule has 0 fully saturated rings. The summed E-state index contributed by atoms with van der Waals surface area (Å²) in [5.41, 5.74) is 6.16. The zero-order valence-electron chi connectivity index (χ0n) is 11.4. The molecule has 8 heteroatoms. The van der Waals surface area contributed by atoms with E-state index < -0.39 is 11.9 Å². The lowest BCUT2D eigenvalue weighted by atomic mass is 10.2. The summed E-state index contributed by atoms with van der Waals surface area (Å²) in [6.07, 6.45) is 1.49. The van der Waals surface area contributed by atoms with Crippen molar-refractivity contribution in [3.63, 3.8) is 0 Å². The van der Waals surface area contributed by atoms with Gasteiger partial charge in [0.1, 0.15) is 0 Å². The molecule has 0 radical (unpaired) electrons. The van der Waals surface area contributed by atoms with Crippen LogP contribution in [0, 0.1) is 0 Å². The van der Waals surface area contributed by atoms with Gasteiger partial charge in [0.15, 0.2) is 5.69 Å². The average molecular weight is 289 g/mol. The van der Waals surface area contributed by atoms with Crippen LogP contribution >= 0.6 is 0 Å². The molecular formula is C13H15N5O3. The fourth-order valence-electron chi connectivity index (χ4n) is 1.71. The van der Waals surface area contributed by atoms with E-state index in [1.54, 1.807) is 24.3 Å². The summed E-state index contributed by atoms with van der Waals surface area (Å²) in [5, 5.41) is 10.1. The number of nitrogens with two attached hydrogens (primary N) is 1. The van der Waals surface area contributed by atoms with E-state index in [4.69, 9.17) is 5.73 Å². The SMILES string of the molecule is COC(=O)c1ccccc1NC(=O)c1cn(CCN)nn1. The number of hydrogen-bond acceptors (Lipinski definition) is 6. The van der Waals surface area contributed by atoms with Gasteiger partial charge in [-0.1, -0.05) is 17.3 Å². The molecule has 0 unspecified atom stereocenters. The van der Waals surface area contributed by atoms with Gasteiger partial charge in [-0.3, -0.25) is 9.48 Å². The van der Waals surface area contributed by atoms with Gasteiger partial charge in [0.2, 0.25) is 0 Å². The summed E-state index contributed by atoms with van der Waals surface area (Å²) < 4.78 is 6.14. The first-order valence-corrected chi connectivity index (χ1v) is 6.24. The first-order chi connectivity index (χ1) is 10.2. The summed E-state index contributed by atoms with van der Waals surface area (Å²) in [5.74, 6) is -0.993. The molecule has 0 saturated carbocycles. The number of nitrogens with one attached hydrogen (secondary N) is 1. The number of carbonyl (C=O) groups is 2. The van der Waals surface area contributed by atoms with E-state index in [0.29, 0.717) is 18.8 Å². The molecule has 8 nitrogen and oxygen atoms in total. The van der Waals surface area contributed by atoms with Crippen molar-refractivity contribution in [2.45, 2.75) is 6.54 Å². The highest BCUT2D eigenvalue weighted by molar-refractivity contribution is 6.06. The maximum Gasteiger partial charge on any atom is 0.339 e. The molecule has 1 aromatic carbocycles. The van der Waals surface area contributed by atoms with Crippen LogP contribution in [0.5, 0.6) is 0 Å². The summed E-state index contributed by atoms with van der Waals surface area (Å²) in [4.78, 5) is 23.7. The normalized spacial score (nSPS) is 10.2. The molecule has 110 valence electrons. The number of aromatic nitrogens is 3. The lowest BCUT2D eigenvalue weighted by Crippen LogP contribution is -2.16. The van der Waals surface area contributed by atoms with Gasteiger partial charge in [0.25, 0.3) is 5.91 Å². The number of esters is 1. The van der Waals surface area contributed by atoms with E-state index in [-0.39, 0.29) is 11.3 Å². The Morgan fingerprint density at radius 2 is 2.14 bits per heavy atom. The molecule has 1 aromatic heterocycles. The molecule has 0 bridgehead atoms. The largest absolute Gasteiger partial charge is 0.465 e. The summed E-state index contributed by atoms with van der Waals surface area (Å²) in [7, 11) is 1.28. The van der Waals surface area contributed by atoms with E-state index in [0.717, 1.165) is 0 Å². The molecule has 0 aliphatic rings. The van der Waals surface area contributed by atoms with E-state index in [2.05, 4.69) is 20.4 Å². The monoisotopic (exact) mass is 289 g/mol. The van der Waals surface area contributed by atoms with Gasteiger partial charge in [-0.25, -0.2) is 4.79 Å². The highest BCUT2D eigenvalue weighted by Gasteiger charge is 2.16. The Kier molecular flexibility index (Phi) is 4.62. The smallest absolute Gasteiger partial charge is 0.339 e. The van der Waals surface area contributed by atoms with Gasteiger partial charge >= 0.3 is 5.97 Å². The van der Waals surface area contributed by atoms with Gasteiger partial charge in [-0.2, -0.15) is 0 Å². The molecule has 0 aliphatic heterocycles. The Balaban J connectivity index is 2.17. The van der Waals surface area contributed by atoms with Crippen molar-refractivity contribution < 1.29 is 14.3 Å². The Morgan fingerprint density at radius 3 is 2.86 bits per heavy atom.